The summed E-state index contributed by atoms with van der Waals surface area (Å²) in [5, 5.41) is 13.7. The number of nitro benzene ring substituents is 1. The van der Waals surface area contributed by atoms with Gasteiger partial charge in [-0.1, -0.05) is 23.2 Å². The predicted octanol–water partition coefficient (Wildman–Crippen LogP) is 2.84. The second kappa shape index (κ2) is 6.54. The Labute approximate surface area is 148 Å². The fourth-order valence-electron chi connectivity index (χ4n) is 2.14. The van der Waals surface area contributed by atoms with Gasteiger partial charge in [0.1, 0.15) is 6.54 Å². The first kappa shape index (κ1) is 16.9. The number of aromatic nitrogens is 2. The number of halogens is 2. The summed E-state index contributed by atoms with van der Waals surface area (Å²) in [4.78, 5) is 38.2. The zero-order chi connectivity index (χ0) is 18.1. The minimum atomic E-state index is -0.819. The van der Waals surface area contributed by atoms with Crippen molar-refractivity contribution in [3.8, 4) is 0 Å². The number of nitrogens with one attached hydrogen (secondary N) is 1. The molecule has 1 N–H and O–H groups in total. The lowest BCUT2D eigenvalue weighted by Crippen LogP contribution is -2.25. The topological polar surface area (TPSA) is 120 Å². The first-order valence-electron chi connectivity index (χ1n) is 6.74. The molecule has 1 amide bonds. The van der Waals surface area contributed by atoms with E-state index in [4.69, 9.17) is 27.6 Å². The fraction of sp³-hybridized carbons (Fsp3) is 0.0714. The first-order valence-corrected chi connectivity index (χ1v) is 7.49. The van der Waals surface area contributed by atoms with Gasteiger partial charge in [0.15, 0.2) is 11.4 Å². The molecule has 128 valence electrons. The van der Waals surface area contributed by atoms with E-state index in [0.717, 1.165) is 10.6 Å². The molecule has 3 aromatic rings. The van der Waals surface area contributed by atoms with Crippen molar-refractivity contribution in [2.75, 3.05) is 5.32 Å². The number of nitro groups is 1. The van der Waals surface area contributed by atoms with Crippen LogP contribution in [-0.2, 0) is 11.3 Å². The number of non-ortho nitro benzene ring substituents is 1. The maximum Gasteiger partial charge on any atom is 0.420 e. The third-order valence-corrected chi connectivity index (χ3v) is 3.72. The van der Waals surface area contributed by atoms with Crippen LogP contribution in [0.25, 0.3) is 11.1 Å². The summed E-state index contributed by atoms with van der Waals surface area (Å²) in [6, 6.07) is 5.05. The van der Waals surface area contributed by atoms with Crippen molar-refractivity contribution in [3.05, 3.63) is 61.2 Å². The third-order valence-electron chi connectivity index (χ3n) is 3.23. The molecule has 0 saturated carbocycles. The minimum Gasteiger partial charge on any atom is -0.408 e. The fourth-order valence-corrected chi connectivity index (χ4v) is 2.56. The van der Waals surface area contributed by atoms with E-state index in [9.17, 15) is 19.7 Å². The van der Waals surface area contributed by atoms with Crippen molar-refractivity contribution in [1.82, 2.24) is 9.55 Å². The molecule has 0 saturated heterocycles. The zero-order valence-corrected chi connectivity index (χ0v) is 13.7. The molecule has 11 heteroatoms. The maximum absolute atomic E-state index is 12.2. The number of oxazole rings is 1. The summed E-state index contributed by atoms with van der Waals surface area (Å²) < 4.78 is 5.94. The molecule has 25 heavy (non-hydrogen) atoms. The van der Waals surface area contributed by atoms with Crippen molar-refractivity contribution in [3.63, 3.8) is 0 Å². The van der Waals surface area contributed by atoms with Gasteiger partial charge in [-0.2, -0.15) is 0 Å². The van der Waals surface area contributed by atoms with Gasteiger partial charge in [-0.05, 0) is 12.1 Å². The van der Waals surface area contributed by atoms with E-state index in [-0.39, 0.29) is 27.6 Å². The van der Waals surface area contributed by atoms with Crippen LogP contribution in [-0.4, -0.2) is 20.4 Å². The molecule has 0 atom stereocenters. The van der Waals surface area contributed by atoms with Gasteiger partial charge in [-0.15, -0.1) is 0 Å². The van der Waals surface area contributed by atoms with E-state index in [2.05, 4.69) is 10.3 Å². The molecule has 9 nitrogen and oxygen atoms in total. The number of carbonyl (C=O) groups excluding carboxylic acids is 1. The number of fused-ring (bicyclic) bond motifs is 1. The van der Waals surface area contributed by atoms with E-state index < -0.39 is 23.1 Å². The van der Waals surface area contributed by atoms with E-state index in [1.54, 1.807) is 0 Å². The van der Waals surface area contributed by atoms with E-state index in [1.165, 1.54) is 24.4 Å². The van der Waals surface area contributed by atoms with Gasteiger partial charge in [0.05, 0.1) is 20.5 Å². The maximum atomic E-state index is 12.2. The Morgan fingerprint density at radius 3 is 2.80 bits per heavy atom. The number of anilines is 1. The van der Waals surface area contributed by atoms with E-state index >= 15 is 0 Å². The average molecular weight is 383 g/mol. The van der Waals surface area contributed by atoms with Crippen LogP contribution in [0, 0.1) is 10.1 Å². The summed E-state index contributed by atoms with van der Waals surface area (Å²) >= 11 is 11.6. The smallest absolute Gasteiger partial charge is 0.408 e. The molecule has 1 aromatic carbocycles. The third kappa shape index (κ3) is 3.47. The van der Waals surface area contributed by atoms with Gasteiger partial charge in [0.25, 0.3) is 5.69 Å². The van der Waals surface area contributed by atoms with Crippen LogP contribution in [0.3, 0.4) is 0 Å². The zero-order valence-electron chi connectivity index (χ0n) is 12.2. The standard InChI is InChI=1S/C14H8Cl2N4O5/c15-7-3-9(16)13(17-5-7)18-12(21)6-19-10-4-8(20(23)24)1-2-11(10)25-14(19)22/h1-5H,6H2,(H,17,18,21). The molecule has 0 unspecified atom stereocenters. The second-order valence-corrected chi connectivity index (χ2v) is 5.74. The normalized spacial score (nSPS) is 10.8. The van der Waals surface area contributed by atoms with E-state index in [0.29, 0.717) is 5.02 Å². The highest BCUT2D eigenvalue weighted by molar-refractivity contribution is 6.36. The van der Waals surface area contributed by atoms with Crippen molar-refractivity contribution >= 4 is 51.7 Å². The van der Waals surface area contributed by atoms with Crippen LogP contribution in [0.4, 0.5) is 11.5 Å². The minimum absolute atomic E-state index is 0.0721. The van der Waals surface area contributed by atoms with Crippen LogP contribution in [0.15, 0.2) is 39.7 Å². The van der Waals surface area contributed by atoms with Crippen LogP contribution in [0.2, 0.25) is 10.0 Å². The summed E-state index contributed by atoms with van der Waals surface area (Å²) in [5.74, 6) is -1.36. The molecule has 0 aliphatic heterocycles. The molecule has 0 radical (unpaired) electrons. The number of pyridine rings is 1. The number of nitrogens with zero attached hydrogens (tertiary/aromatic N) is 3. The summed E-state index contributed by atoms with van der Waals surface area (Å²) in [7, 11) is 0. The quantitative estimate of drug-likeness (QED) is 0.546. The molecule has 0 spiro atoms. The Hall–Kier alpha value is -2.91. The number of carbonyl (C=O) groups is 1. The van der Waals surface area contributed by atoms with Gasteiger partial charge in [0, 0.05) is 18.3 Å². The predicted molar refractivity (Wildman–Crippen MR) is 90.0 cm³/mol. The lowest BCUT2D eigenvalue weighted by Gasteiger charge is -2.06. The van der Waals surface area contributed by atoms with Crippen molar-refractivity contribution in [2.45, 2.75) is 6.54 Å². The van der Waals surface area contributed by atoms with Crippen molar-refractivity contribution in [2.24, 2.45) is 0 Å². The highest BCUT2D eigenvalue weighted by Crippen LogP contribution is 2.23. The van der Waals surface area contributed by atoms with Gasteiger partial charge in [0.2, 0.25) is 5.91 Å². The lowest BCUT2D eigenvalue weighted by molar-refractivity contribution is -0.384. The average Bonchev–Trinajstić information content (AvgIpc) is 2.85. The second-order valence-electron chi connectivity index (χ2n) is 4.90. The van der Waals surface area contributed by atoms with Gasteiger partial charge >= 0.3 is 5.76 Å². The van der Waals surface area contributed by atoms with E-state index in [1.807, 2.05) is 0 Å². The van der Waals surface area contributed by atoms with Gasteiger partial charge in [-0.25, -0.2) is 9.78 Å². The molecular formula is C14H8Cl2N4O5. The molecule has 0 aliphatic carbocycles. The van der Waals surface area contributed by atoms with Crippen LogP contribution >= 0.6 is 23.2 Å². The molecule has 2 heterocycles. The Balaban J connectivity index is 1.90. The number of hydrogen-bond donors (Lipinski definition) is 1. The molecule has 0 fully saturated rings. The molecule has 2 aromatic heterocycles. The summed E-state index contributed by atoms with van der Waals surface area (Å²) in [6.07, 6.45) is 1.30. The Morgan fingerprint density at radius 2 is 2.12 bits per heavy atom. The highest BCUT2D eigenvalue weighted by atomic mass is 35.5. The number of rotatable bonds is 4. The molecule has 0 aliphatic rings. The highest BCUT2D eigenvalue weighted by Gasteiger charge is 2.17. The molecule has 0 bridgehead atoms. The number of hydrogen-bond acceptors (Lipinski definition) is 6. The van der Waals surface area contributed by atoms with Gasteiger partial charge in [-0.3, -0.25) is 19.5 Å². The molecule has 3 rings (SSSR count). The van der Waals surface area contributed by atoms with Crippen molar-refractivity contribution in [1.29, 1.82) is 0 Å². The first-order chi connectivity index (χ1) is 11.8. The number of amides is 1. The Morgan fingerprint density at radius 1 is 1.36 bits per heavy atom. The van der Waals surface area contributed by atoms with Gasteiger partial charge < -0.3 is 9.73 Å². The lowest BCUT2D eigenvalue weighted by atomic mass is 10.3. The monoisotopic (exact) mass is 382 g/mol. The summed E-state index contributed by atoms with van der Waals surface area (Å²) in [6.45, 7) is -0.437. The van der Waals surface area contributed by atoms with Crippen LogP contribution in [0.5, 0.6) is 0 Å². The molecular weight excluding hydrogens is 375 g/mol. The Bertz CT molecular complexity index is 1060. The number of benzene rings is 1. The summed E-state index contributed by atoms with van der Waals surface area (Å²) in [5.41, 5.74) is 0.0282. The van der Waals surface area contributed by atoms with Crippen molar-refractivity contribution < 1.29 is 14.1 Å². The Kier molecular flexibility index (Phi) is 4.43. The van der Waals surface area contributed by atoms with Crippen LogP contribution < -0.4 is 11.1 Å². The largest absolute Gasteiger partial charge is 0.420 e. The SMILES string of the molecule is O=C(Cn1c(=O)oc2ccc([N+](=O)[O-])cc21)Nc1ncc(Cl)cc1Cl. The van der Waals surface area contributed by atoms with Crippen LogP contribution in [0.1, 0.15) is 0 Å².